The lowest BCUT2D eigenvalue weighted by atomic mass is 10.1. The zero-order valence-corrected chi connectivity index (χ0v) is 18.7. The van der Waals surface area contributed by atoms with Crippen molar-refractivity contribution in [2.24, 2.45) is 5.92 Å². The summed E-state index contributed by atoms with van der Waals surface area (Å²) in [7, 11) is -2.94. The number of halogens is 3. The summed E-state index contributed by atoms with van der Waals surface area (Å²) < 4.78 is 76.7. The summed E-state index contributed by atoms with van der Waals surface area (Å²) in [6, 6.07) is 3.64. The zero-order chi connectivity index (χ0) is 23.1. The number of ether oxygens (including phenoxy) is 2. The number of likely N-dealkylation sites (N-methyl/N-ethyl adjacent to an activating group) is 1. The van der Waals surface area contributed by atoms with Gasteiger partial charge in [0.1, 0.15) is 0 Å². The first-order chi connectivity index (χ1) is 13.8. The fourth-order valence-electron chi connectivity index (χ4n) is 2.65. The van der Waals surface area contributed by atoms with E-state index in [1.165, 1.54) is 7.11 Å². The van der Waals surface area contributed by atoms with Gasteiger partial charge in [0, 0.05) is 19.5 Å². The molecule has 0 aromatic heterocycles. The summed E-state index contributed by atoms with van der Waals surface area (Å²) in [6.07, 6.45) is -5.22. The highest BCUT2D eigenvalue weighted by Gasteiger charge is 2.33. The van der Waals surface area contributed by atoms with Gasteiger partial charge in [-0.15, -0.1) is 0 Å². The second-order valence-corrected chi connectivity index (χ2v) is 9.24. The third-order valence-corrected chi connectivity index (χ3v) is 6.74. The van der Waals surface area contributed by atoms with Gasteiger partial charge in [-0.05, 0) is 37.5 Å². The Hall–Kier alpha value is -1.65. The van der Waals surface area contributed by atoms with Gasteiger partial charge in [-0.2, -0.15) is 17.5 Å². The lowest BCUT2D eigenvalue weighted by Crippen LogP contribution is -2.40. The number of benzene rings is 1. The van der Waals surface area contributed by atoms with Crippen LogP contribution in [0.2, 0.25) is 0 Å². The van der Waals surface area contributed by atoms with E-state index in [0.717, 1.165) is 22.5 Å². The van der Waals surface area contributed by atoms with Crippen LogP contribution in [0, 0.1) is 5.92 Å². The number of methoxy groups -OCH3 is 1. The fourth-order valence-corrected chi connectivity index (χ4v) is 4.18. The van der Waals surface area contributed by atoms with E-state index in [1.807, 2.05) is 20.8 Å². The fraction of sp³-hybridized carbons (Fsp3) is 0.650. The first kappa shape index (κ1) is 26.4. The van der Waals surface area contributed by atoms with Gasteiger partial charge in [0.25, 0.3) is 0 Å². The Labute approximate surface area is 176 Å². The van der Waals surface area contributed by atoms with Gasteiger partial charge in [0.15, 0.2) is 0 Å². The molecule has 0 saturated heterocycles. The number of nitrogens with zero attached hydrogens (tertiary/aromatic N) is 1. The van der Waals surface area contributed by atoms with Crippen molar-refractivity contribution in [2.75, 3.05) is 20.2 Å². The van der Waals surface area contributed by atoms with Gasteiger partial charge < -0.3 is 9.47 Å². The molecule has 0 N–H and O–H groups in total. The standard InChI is InChI=1S/C20H30F3NO5S/c1-6-24(13-17(10-11-19(25)28-5)29-15(4)14(2)3)30(26,27)18-9-7-8-16(12-18)20(21,22)23/h7-9,12,14-15,17H,6,10-11,13H2,1-5H3/t15-,17+/m1/s1. The van der Waals surface area contributed by atoms with E-state index in [2.05, 4.69) is 4.74 Å². The second kappa shape index (κ2) is 11.1. The second-order valence-electron chi connectivity index (χ2n) is 7.30. The van der Waals surface area contributed by atoms with E-state index in [-0.39, 0.29) is 38.0 Å². The molecule has 0 unspecified atom stereocenters. The Morgan fingerprint density at radius 2 is 1.83 bits per heavy atom. The quantitative estimate of drug-likeness (QED) is 0.472. The Morgan fingerprint density at radius 3 is 2.33 bits per heavy atom. The maximum atomic E-state index is 13.0. The van der Waals surface area contributed by atoms with Gasteiger partial charge in [-0.25, -0.2) is 8.42 Å². The van der Waals surface area contributed by atoms with Crippen LogP contribution in [0.25, 0.3) is 0 Å². The molecule has 0 radical (unpaired) electrons. The zero-order valence-electron chi connectivity index (χ0n) is 17.9. The topological polar surface area (TPSA) is 72.9 Å². The first-order valence-corrected chi connectivity index (χ1v) is 11.2. The monoisotopic (exact) mass is 453 g/mol. The molecule has 1 rings (SSSR count). The molecule has 0 fully saturated rings. The van der Waals surface area contributed by atoms with Gasteiger partial charge in [-0.1, -0.05) is 26.8 Å². The number of hydrogen-bond acceptors (Lipinski definition) is 5. The summed E-state index contributed by atoms with van der Waals surface area (Å²) in [4.78, 5) is 11.1. The molecule has 0 aliphatic heterocycles. The van der Waals surface area contributed by atoms with Crippen LogP contribution in [-0.4, -0.2) is 51.1 Å². The average molecular weight is 454 g/mol. The van der Waals surface area contributed by atoms with Crippen molar-refractivity contribution in [3.05, 3.63) is 29.8 Å². The summed E-state index contributed by atoms with van der Waals surface area (Å²) in [5, 5.41) is 0. The van der Waals surface area contributed by atoms with Gasteiger partial charge in [0.05, 0.1) is 29.8 Å². The highest BCUT2D eigenvalue weighted by atomic mass is 32.2. The van der Waals surface area contributed by atoms with Crippen LogP contribution in [-0.2, 0) is 30.5 Å². The van der Waals surface area contributed by atoms with Gasteiger partial charge in [0.2, 0.25) is 10.0 Å². The Morgan fingerprint density at radius 1 is 1.20 bits per heavy atom. The van der Waals surface area contributed by atoms with E-state index in [0.29, 0.717) is 6.07 Å². The first-order valence-electron chi connectivity index (χ1n) is 9.72. The minimum Gasteiger partial charge on any atom is -0.469 e. The van der Waals surface area contributed by atoms with Crippen molar-refractivity contribution in [3.8, 4) is 0 Å². The van der Waals surface area contributed by atoms with E-state index in [1.54, 1.807) is 6.92 Å². The van der Waals surface area contributed by atoms with Crippen molar-refractivity contribution < 1.29 is 35.9 Å². The van der Waals surface area contributed by atoms with E-state index < -0.39 is 38.7 Å². The van der Waals surface area contributed by atoms with Gasteiger partial charge >= 0.3 is 12.1 Å². The lowest BCUT2D eigenvalue weighted by Gasteiger charge is -2.29. The van der Waals surface area contributed by atoms with Crippen LogP contribution >= 0.6 is 0 Å². The number of rotatable bonds is 11. The summed E-state index contributed by atoms with van der Waals surface area (Å²) in [5.41, 5.74) is -1.04. The van der Waals surface area contributed by atoms with Crippen molar-refractivity contribution in [1.82, 2.24) is 4.31 Å². The van der Waals surface area contributed by atoms with Crippen LogP contribution in [0.3, 0.4) is 0 Å². The van der Waals surface area contributed by atoms with Crippen molar-refractivity contribution >= 4 is 16.0 Å². The molecule has 0 amide bonds. The highest BCUT2D eigenvalue weighted by Crippen LogP contribution is 2.31. The molecule has 1 aromatic carbocycles. The predicted octanol–water partition coefficient (Wildman–Crippen LogP) is 4.10. The minimum atomic E-state index is -4.65. The summed E-state index contributed by atoms with van der Waals surface area (Å²) in [5.74, 6) is -0.301. The molecule has 10 heteroatoms. The normalized spacial score (nSPS) is 14.7. The highest BCUT2D eigenvalue weighted by molar-refractivity contribution is 7.89. The molecule has 2 atom stereocenters. The Bertz CT molecular complexity index is 796. The molecule has 0 aliphatic rings. The summed E-state index contributed by atoms with van der Waals surface area (Å²) in [6.45, 7) is 7.26. The van der Waals surface area contributed by atoms with Crippen LogP contribution in [0.5, 0.6) is 0 Å². The van der Waals surface area contributed by atoms with E-state index >= 15 is 0 Å². The molecule has 30 heavy (non-hydrogen) atoms. The van der Waals surface area contributed by atoms with Crippen LogP contribution in [0.15, 0.2) is 29.2 Å². The average Bonchev–Trinajstić information content (AvgIpc) is 2.68. The Balaban J connectivity index is 3.13. The van der Waals surface area contributed by atoms with Crippen molar-refractivity contribution in [1.29, 1.82) is 0 Å². The van der Waals surface area contributed by atoms with E-state index in [9.17, 15) is 26.4 Å². The van der Waals surface area contributed by atoms with E-state index in [4.69, 9.17) is 4.74 Å². The molecule has 1 aromatic rings. The molecule has 0 spiro atoms. The molecule has 0 saturated carbocycles. The molecule has 0 aliphatic carbocycles. The van der Waals surface area contributed by atoms with Crippen LogP contribution in [0.4, 0.5) is 13.2 Å². The smallest absolute Gasteiger partial charge is 0.416 e. The number of sulfonamides is 1. The number of esters is 1. The number of hydrogen-bond donors (Lipinski definition) is 0. The molecule has 6 nitrogen and oxygen atoms in total. The molecular weight excluding hydrogens is 423 g/mol. The third-order valence-electron chi connectivity index (χ3n) is 4.80. The van der Waals surface area contributed by atoms with Gasteiger partial charge in [-0.3, -0.25) is 4.79 Å². The van der Waals surface area contributed by atoms with Crippen LogP contribution < -0.4 is 0 Å². The predicted molar refractivity (Wildman–Crippen MR) is 106 cm³/mol. The molecule has 0 bridgehead atoms. The Kier molecular flexibility index (Phi) is 9.77. The largest absolute Gasteiger partial charge is 0.469 e. The number of carbonyl (C=O) groups is 1. The maximum Gasteiger partial charge on any atom is 0.416 e. The lowest BCUT2D eigenvalue weighted by molar-refractivity contribution is -0.142. The molecule has 172 valence electrons. The third kappa shape index (κ3) is 7.55. The maximum absolute atomic E-state index is 13.0. The number of alkyl halides is 3. The SMILES string of the molecule is CCN(C[C@H](CCC(=O)OC)O[C@H](C)C(C)C)S(=O)(=O)c1cccc(C(F)(F)F)c1. The van der Waals surface area contributed by atoms with Crippen molar-refractivity contribution in [2.45, 2.75) is 63.8 Å². The summed E-state index contributed by atoms with van der Waals surface area (Å²) >= 11 is 0. The minimum absolute atomic E-state index is 0.0344. The molecule has 0 heterocycles. The molecular formula is C20H30F3NO5S. The van der Waals surface area contributed by atoms with Crippen molar-refractivity contribution in [3.63, 3.8) is 0 Å². The number of carbonyl (C=O) groups excluding carboxylic acids is 1. The van der Waals surface area contributed by atoms with Crippen LogP contribution in [0.1, 0.15) is 46.1 Å².